The van der Waals surface area contributed by atoms with E-state index in [0.29, 0.717) is 0 Å². The number of hydrogen-bond acceptors (Lipinski definition) is 3. The highest BCUT2D eigenvalue weighted by Gasteiger charge is 2.13. The Morgan fingerprint density at radius 2 is 2.00 bits per heavy atom. The van der Waals surface area contributed by atoms with E-state index in [2.05, 4.69) is 4.72 Å². The van der Waals surface area contributed by atoms with Gasteiger partial charge in [0, 0.05) is 12.1 Å². The molecule has 0 fully saturated rings. The van der Waals surface area contributed by atoms with E-state index in [9.17, 15) is 12.8 Å². The van der Waals surface area contributed by atoms with Gasteiger partial charge >= 0.3 is 0 Å². The zero-order valence-corrected chi connectivity index (χ0v) is 8.56. The van der Waals surface area contributed by atoms with E-state index in [1.54, 1.807) is 0 Å². The van der Waals surface area contributed by atoms with Gasteiger partial charge in [-0.2, -0.15) is 0 Å². The summed E-state index contributed by atoms with van der Waals surface area (Å²) in [6.45, 7) is 0. The lowest BCUT2D eigenvalue weighted by Crippen LogP contribution is -2.18. The van der Waals surface area contributed by atoms with Crippen LogP contribution < -0.4 is 9.46 Å². The van der Waals surface area contributed by atoms with E-state index < -0.39 is 15.8 Å². The van der Waals surface area contributed by atoms with Crippen LogP contribution >= 0.6 is 0 Å². The number of nitrogens with one attached hydrogen (secondary N) is 1. The summed E-state index contributed by atoms with van der Waals surface area (Å²) < 4.78 is 42.3. The van der Waals surface area contributed by atoms with Gasteiger partial charge in [0.2, 0.25) is 10.0 Å². The van der Waals surface area contributed by atoms with Crippen LogP contribution in [0.3, 0.4) is 0 Å². The molecule has 1 aromatic carbocycles. The van der Waals surface area contributed by atoms with Crippen molar-refractivity contribution in [3.63, 3.8) is 0 Å². The lowest BCUT2D eigenvalue weighted by Gasteiger charge is -2.05. The zero-order valence-electron chi connectivity index (χ0n) is 7.74. The average Bonchev–Trinajstić information content (AvgIpc) is 2.16. The summed E-state index contributed by atoms with van der Waals surface area (Å²) in [5.41, 5.74) is 0. The molecular weight excluding hydrogens is 209 g/mol. The van der Waals surface area contributed by atoms with Crippen LogP contribution in [0.4, 0.5) is 4.39 Å². The molecule has 0 spiro atoms. The predicted molar refractivity (Wildman–Crippen MR) is 49.2 cm³/mol. The van der Waals surface area contributed by atoms with Crippen LogP contribution in [0.5, 0.6) is 5.75 Å². The fourth-order valence-electron chi connectivity index (χ4n) is 0.928. The van der Waals surface area contributed by atoms with Gasteiger partial charge in [-0.3, -0.25) is 0 Å². The minimum Gasteiger partial charge on any atom is -0.497 e. The Morgan fingerprint density at radius 3 is 2.50 bits per heavy atom. The molecule has 0 aliphatic rings. The SMILES string of the molecule is CNS(=O)(=O)c1cc(F)cc(OC)c1. The zero-order chi connectivity index (χ0) is 10.8. The van der Waals surface area contributed by atoms with Crippen LogP contribution in [-0.4, -0.2) is 22.6 Å². The van der Waals surface area contributed by atoms with Crippen LogP contribution in [-0.2, 0) is 10.0 Å². The second-order valence-corrected chi connectivity index (χ2v) is 4.42. The first-order chi connectivity index (χ1) is 6.49. The van der Waals surface area contributed by atoms with Gasteiger partial charge in [-0.1, -0.05) is 0 Å². The third kappa shape index (κ3) is 2.21. The number of hydrogen-bond donors (Lipinski definition) is 1. The van der Waals surface area contributed by atoms with E-state index in [-0.39, 0.29) is 10.6 Å². The minimum atomic E-state index is -3.62. The maximum Gasteiger partial charge on any atom is 0.240 e. The first kappa shape index (κ1) is 10.9. The molecule has 0 bridgehead atoms. The van der Waals surface area contributed by atoms with Crippen molar-refractivity contribution < 1.29 is 17.5 Å². The van der Waals surface area contributed by atoms with Crippen molar-refractivity contribution in [1.29, 1.82) is 0 Å². The van der Waals surface area contributed by atoms with Crippen molar-refractivity contribution in [2.75, 3.05) is 14.2 Å². The van der Waals surface area contributed by atoms with Gasteiger partial charge in [-0.15, -0.1) is 0 Å². The second-order valence-electron chi connectivity index (χ2n) is 2.53. The predicted octanol–water partition coefficient (Wildman–Crippen LogP) is 0.742. The van der Waals surface area contributed by atoms with Crippen LogP contribution in [0.2, 0.25) is 0 Å². The first-order valence-corrected chi connectivity index (χ1v) is 5.26. The number of rotatable bonds is 3. The molecule has 0 amide bonds. The Bertz CT molecular complexity index is 430. The van der Waals surface area contributed by atoms with Crippen LogP contribution in [0.1, 0.15) is 0 Å². The minimum absolute atomic E-state index is 0.156. The summed E-state index contributed by atoms with van der Waals surface area (Å²) in [6.07, 6.45) is 0. The Kier molecular flexibility index (Phi) is 3.07. The molecule has 0 aliphatic carbocycles. The fraction of sp³-hybridized carbons (Fsp3) is 0.250. The highest BCUT2D eigenvalue weighted by molar-refractivity contribution is 7.89. The Balaban J connectivity index is 3.29. The maximum atomic E-state index is 12.9. The Hall–Kier alpha value is -1.14. The van der Waals surface area contributed by atoms with Gasteiger partial charge in [0.25, 0.3) is 0 Å². The monoisotopic (exact) mass is 219 g/mol. The molecule has 0 aromatic heterocycles. The summed E-state index contributed by atoms with van der Waals surface area (Å²) >= 11 is 0. The standard InChI is InChI=1S/C8H10FNO3S/c1-10-14(11,12)8-4-6(9)3-7(5-8)13-2/h3-5,10H,1-2H3. The number of ether oxygens (including phenoxy) is 1. The third-order valence-electron chi connectivity index (χ3n) is 1.66. The number of methoxy groups -OCH3 is 1. The lowest BCUT2D eigenvalue weighted by molar-refractivity contribution is 0.409. The smallest absolute Gasteiger partial charge is 0.240 e. The largest absolute Gasteiger partial charge is 0.497 e. The average molecular weight is 219 g/mol. The molecule has 4 nitrogen and oxygen atoms in total. The Labute approximate surface area is 81.8 Å². The lowest BCUT2D eigenvalue weighted by atomic mass is 10.3. The van der Waals surface area contributed by atoms with Crippen LogP contribution in [0.25, 0.3) is 0 Å². The van der Waals surface area contributed by atoms with Gasteiger partial charge < -0.3 is 4.74 Å². The molecule has 78 valence electrons. The number of sulfonamides is 1. The summed E-state index contributed by atoms with van der Waals surface area (Å²) in [5.74, 6) is -0.489. The summed E-state index contributed by atoms with van der Waals surface area (Å²) in [4.78, 5) is -0.156. The van der Waals surface area contributed by atoms with Crippen molar-refractivity contribution in [2.24, 2.45) is 0 Å². The molecule has 0 heterocycles. The maximum absolute atomic E-state index is 12.9. The second kappa shape index (κ2) is 3.93. The molecule has 1 rings (SSSR count). The molecule has 14 heavy (non-hydrogen) atoms. The summed E-state index contributed by atoms with van der Waals surface area (Å²) in [7, 11) is -1.03. The van der Waals surface area contributed by atoms with Crippen molar-refractivity contribution in [3.8, 4) is 5.75 Å². The summed E-state index contributed by atoms with van der Waals surface area (Å²) in [6, 6.07) is 3.28. The van der Waals surface area contributed by atoms with E-state index in [0.717, 1.165) is 12.1 Å². The third-order valence-corrected chi connectivity index (χ3v) is 3.05. The molecule has 1 N–H and O–H groups in total. The first-order valence-electron chi connectivity index (χ1n) is 3.77. The van der Waals surface area contributed by atoms with E-state index in [4.69, 9.17) is 4.74 Å². The summed E-state index contributed by atoms with van der Waals surface area (Å²) in [5, 5.41) is 0. The van der Waals surface area contributed by atoms with Gasteiger partial charge in [0.15, 0.2) is 0 Å². The number of halogens is 1. The van der Waals surface area contributed by atoms with Crippen molar-refractivity contribution in [3.05, 3.63) is 24.0 Å². The molecule has 0 unspecified atom stereocenters. The molecule has 1 aromatic rings. The van der Waals surface area contributed by atoms with E-state index in [1.807, 2.05) is 0 Å². The van der Waals surface area contributed by atoms with Crippen molar-refractivity contribution in [2.45, 2.75) is 4.90 Å². The molecule has 0 atom stereocenters. The van der Waals surface area contributed by atoms with Gasteiger partial charge in [-0.25, -0.2) is 17.5 Å². The highest BCUT2D eigenvalue weighted by Crippen LogP contribution is 2.19. The molecule has 0 saturated carbocycles. The highest BCUT2D eigenvalue weighted by atomic mass is 32.2. The van der Waals surface area contributed by atoms with Crippen molar-refractivity contribution >= 4 is 10.0 Å². The van der Waals surface area contributed by atoms with E-state index >= 15 is 0 Å². The normalized spacial score (nSPS) is 11.4. The molecule has 6 heteroatoms. The fourth-order valence-corrected chi connectivity index (χ4v) is 1.70. The van der Waals surface area contributed by atoms with Gasteiger partial charge in [0.05, 0.1) is 12.0 Å². The van der Waals surface area contributed by atoms with Gasteiger partial charge in [0.1, 0.15) is 11.6 Å². The topological polar surface area (TPSA) is 55.4 Å². The Morgan fingerprint density at radius 1 is 1.36 bits per heavy atom. The van der Waals surface area contributed by atoms with Crippen molar-refractivity contribution in [1.82, 2.24) is 4.72 Å². The van der Waals surface area contributed by atoms with Gasteiger partial charge in [-0.05, 0) is 13.1 Å². The van der Waals surface area contributed by atoms with E-state index in [1.165, 1.54) is 20.2 Å². The van der Waals surface area contributed by atoms with Crippen LogP contribution in [0.15, 0.2) is 23.1 Å². The van der Waals surface area contributed by atoms with Crippen LogP contribution in [0, 0.1) is 5.82 Å². The molecule has 0 aliphatic heterocycles. The number of benzene rings is 1. The molecule has 0 radical (unpaired) electrons. The molecular formula is C8H10FNO3S. The molecule has 0 saturated heterocycles. The quantitative estimate of drug-likeness (QED) is 0.815.